The number of sulfonamides is 1. The van der Waals surface area contributed by atoms with Crippen LogP contribution in [0, 0.1) is 5.92 Å². The number of benzene rings is 1. The normalized spacial score (nSPS) is 24.6. The van der Waals surface area contributed by atoms with Gasteiger partial charge in [-0.15, -0.1) is 0 Å². The van der Waals surface area contributed by atoms with E-state index in [9.17, 15) is 18.0 Å². The summed E-state index contributed by atoms with van der Waals surface area (Å²) in [6.07, 6.45) is 4.92. The smallest absolute Gasteiger partial charge is 0.243 e. The topological polar surface area (TPSA) is 96.0 Å². The van der Waals surface area contributed by atoms with Crippen LogP contribution in [-0.2, 0) is 30.8 Å². The first-order valence-corrected chi connectivity index (χ1v) is 12.6. The zero-order valence-corrected chi connectivity index (χ0v) is 18.8. The van der Waals surface area contributed by atoms with Crippen molar-refractivity contribution in [1.29, 1.82) is 0 Å². The number of nitrogens with zero attached hydrogens (tertiary/aromatic N) is 2. The lowest BCUT2D eigenvalue weighted by Crippen LogP contribution is -2.46. The third-order valence-electron chi connectivity index (χ3n) is 6.47. The Hall–Kier alpha value is -1.97. The van der Waals surface area contributed by atoms with Crippen molar-refractivity contribution in [2.75, 3.05) is 37.7 Å². The third kappa shape index (κ3) is 4.78. The summed E-state index contributed by atoms with van der Waals surface area (Å²) in [6, 6.07) is 5.01. The van der Waals surface area contributed by atoms with Gasteiger partial charge in [-0.2, -0.15) is 4.31 Å². The number of fused-ring (bicyclic) bond motifs is 1. The molecule has 0 unspecified atom stereocenters. The highest BCUT2D eigenvalue weighted by atomic mass is 32.2. The molecule has 2 amide bonds. The van der Waals surface area contributed by atoms with E-state index in [4.69, 9.17) is 4.74 Å². The maximum absolute atomic E-state index is 13.3. The van der Waals surface area contributed by atoms with E-state index in [1.165, 1.54) is 11.2 Å². The number of hydrogen-bond acceptors (Lipinski definition) is 5. The molecule has 9 heteroatoms. The van der Waals surface area contributed by atoms with Crippen LogP contribution in [0.15, 0.2) is 23.1 Å². The van der Waals surface area contributed by atoms with Gasteiger partial charge in [-0.3, -0.25) is 9.59 Å². The summed E-state index contributed by atoms with van der Waals surface area (Å²) in [5.74, 6) is -0.488. The molecule has 1 aromatic rings. The van der Waals surface area contributed by atoms with Gasteiger partial charge in [0.1, 0.15) is 0 Å². The van der Waals surface area contributed by atoms with Crippen LogP contribution in [0.1, 0.15) is 44.6 Å². The molecular formula is C22H31N3O5S. The lowest BCUT2D eigenvalue weighted by molar-refractivity contribution is -0.126. The second-order valence-corrected chi connectivity index (χ2v) is 10.6. The maximum atomic E-state index is 13.3. The Morgan fingerprint density at radius 1 is 1.16 bits per heavy atom. The van der Waals surface area contributed by atoms with Gasteiger partial charge >= 0.3 is 0 Å². The number of anilines is 1. The number of rotatable bonds is 5. The molecule has 0 saturated carbocycles. The van der Waals surface area contributed by atoms with Crippen molar-refractivity contribution in [3.8, 4) is 0 Å². The van der Waals surface area contributed by atoms with Crippen LogP contribution in [-0.4, -0.2) is 63.4 Å². The SMILES string of the molecule is CC(=O)N1CCCc2cc(S(=O)(=O)N3CCC[C@@H](C(=O)NC[C@@H]4CCCO4)C3)ccc21. The van der Waals surface area contributed by atoms with Gasteiger partial charge in [-0.05, 0) is 62.3 Å². The van der Waals surface area contributed by atoms with Crippen molar-refractivity contribution < 1.29 is 22.7 Å². The van der Waals surface area contributed by atoms with E-state index in [2.05, 4.69) is 5.32 Å². The molecule has 0 aromatic heterocycles. The summed E-state index contributed by atoms with van der Waals surface area (Å²) >= 11 is 0. The van der Waals surface area contributed by atoms with Gasteiger partial charge in [0.25, 0.3) is 0 Å². The molecule has 31 heavy (non-hydrogen) atoms. The summed E-state index contributed by atoms with van der Waals surface area (Å²) in [4.78, 5) is 26.4. The predicted octanol–water partition coefficient (Wildman–Crippen LogP) is 1.68. The van der Waals surface area contributed by atoms with E-state index >= 15 is 0 Å². The van der Waals surface area contributed by atoms with Gasteiger partial charge in [0.2, 0.25) is 21.8 Å². The van der Waals surface area contributed by atoms with Crippen molar-refractivity contribution in [1.82, 2.24) is 9.62 Å². The number of aryl methyl sites for hydroxylation is 1. The van der Waals surface area contributed by atoms with Gasteiger partial charge in [0, 0.05) is 45.4 Å². The van der Waals surface area contributed by atoms with Gasteiger partial charge in [0.15, 0.2) is 0 Å². The van der Waals surface area contributed by atoms with E-state index in [0.717, 1.165) is 43.5 Å². The van der Waals surface area contributed by atoms with Gasteiger partial charge < -0.3 is 15.0 Å². The molecule has 3 heterocycles. The Balaban J connectivity index is 1.45. The van der Waals surface area contributed by atoms with E-state index in [-0.39, 0.29) is 35.3 Å². The van der Waals surface area contributed by atoms with Crippen molar-refractivity contribution >= 4 is 27.5 Å². The number of ether oxygens (including phenoxy) is 1. The van der Waals surface area contributed by atoms with Crippen LogP contribution in [0.4, 0.5) is 5.69 Å². The van der Waals surface area contributed by atoms with Gasteiger partial charge in [0.05, 0.1) is 16.9 Å². The van der Waals surface area contributed by atoms with Crippen molar-refractivity contribution in [3.05, 3.63) is 23.8 Å². The highest BCUT2D eigenvalue weighted by Crippen LogP contribution is 2.31. The lowest BCUT2D eigenvalue weighted by Gasteiger charge is -2.32. The fourth-order valence-corrected chi connectivity index (χ4v) is 6.32. The minimum absolute atomic E-state index is 0.0376. The molecule has 2 saturated heterocycles. The minimum Gasteiger partial charge on any atom is -0.376 e. The predicted molar refractivity (Wildman–Crippen MR) is 116 cm³/mol. The second-order valence-electron chi connectivity index (χ2n) is 8.65. The number of carbonyl (C=O) groups is 2. The van der Waals surface area contributed by atoms with E-state index < -0.39 is 10.0 Å². The summed E-state index contributed by atoms with van der Waals surface area (Å²) in [5.41, 5.74) is 1.67. The van der Waals surface area contributed by atoms with Crippen molar-refractivity contribution in [3.63, 3.8) is 0 Å². The highest BCUT2D eigenvalue weighted by Gasteiger charge is 2.34. The lowest BCUT2D eigenvalue weighted by atomic mass is 9.99. The number of carbonyl (C=O) groups excluding carboxylic acids is 2. The Kier molecular flexibility index (Phi) is 6.64. The molecule has 1 N–H and O–H groups in total. The molecule has 1 aromatic carbocycles. The first-order valence-electron chi connectivity index (χ1n) is 11.2. The summed E-state index contributed by atoms with van der Waals surface area (Å²) in [5, 5.41) is 2.94. The van der Waals surface area contributed by atoms with Crippen LogP contribution in [0.3, 0.4) is 0 Å². The third-order valence-corrected chi connectivity index (χ3v) is 8.33. The Morgan fingerprint density at radius 2 is 2.00 bits per heavy atom. The number of hydrogen-bond donors (Lipinski definition) is 1. The second kappa shape index (κ2) is 9.26. The zero-order chi connectivity index (χ0) is 22.0. The van der Waals surface area contributed by atoms with Gasteiger partial charge in [-0.1, -0.05) is 0 Å². The molecular weight excluding hydrogens is 418 g/mol. The van der Waals surface area contributed by atoms with Crippen molar-refractivity contribution in [2.24, 2.45) is 5.92 Å². The zero-order valence-electron chi connectivity index (χ0n) is 18.0. The summed E-state index contributed by atoms with van der Waals surface area (Å²) in [6.45, 7) is 4.01. The Labute approximate surface area is 184 Å². The van der Waals surface area contributed by atoms with E-state index in [1.54, 1.807) is 23.1 Å². The molecule has 4 rings (SSSR count). The van der Waals surface area contributed by atoms with Crippen LogP contribution in [0.2, 0.25) is 0 Å². The molecule has 170 valence electrons. The maximum Gasteiger partial charge on any atom is 0.243 e. The molecule has 8 nitrogen and oxygen atoms in total. The molecule has 2 atom stereocenters. The van der Waals surface area contributed by atoms with Crippen LogP contribution in [0.5, 0.6) is 0 Å². The number of nitrogens with one attached hydrogen (secondary N) is 1. The minimum atomic E-state index is -3.71. The molecule has 2 fully saturated rings. The van der Waals surface area contributed by atoms with Crippen LogP contribution >= 0.6 is 0 Å². The van der Waals surface area contributed by atoms with E-state index in [0.29, 0.717) is 32.5 Å². The summed E-state index contributed by atoms with van der Waals surface area (Å²) in [7, 11) is -3.71. The molecule has 3 aliphatic rings. The fourth-order valence-electron chi connectivity index (χ4n) is 4.75. The van der Waals surface area contributed by atoms with Crippen LogP contribution in [0.25, 0.3) is 0 Å². The number of piperidine rings is 1. The average Bonchev–Trinajstić information content (AvgIpc) is 3.30. The number of amides is 2. The molecule has 0 aliphatic carbocycles. The molecule has 3 aliphatic heterocycles. The standard InChI is InChI=1S/C22H31N3O5S/c1-16(26)25-11-3-5-17-13-20(8-9-21(17)25)31(28,29)24-10-2-6-18(15-24)22(27)23-14-19-7-4-12-30-19/h8-9,13,18-19H,2-7,10-12,14-15H2,1H3,(H,23,27)/t18-,19+/m1/s1. The van der Waals surface area contributed by atoms with Crippen molar-refractivity contribution in [2.45, 2.75) is 56.4 Å². The Bertz CT molecular complexity index is 942. The van der Waals surface area contributed by atoms with E-state index in [1.807, 2.05) is 0 Å². The van der Waals surface area contributed by atoms with Crippen LogP contribution < -0.4 is 10.2 Å². The molecule has 0 radical (unpaired) electrons. The van der Waals surface area contributed by atoms with Gasteiger partial charge in [-0.25, -0.2) is 8.42 Å². The quantitative estimate of drug-likeness (QED) is 0.738. The first kappa shape index (κ1) is 22.2. The fraction of sp³-hybridized carbons (Fsp3) is 0.636. The monoisotopic (exact) mass is 449 g/mol. The Morgan fingerprint density at radius 3 is 2.74 bits per heavy atom. The molecule has 0 bridgehead atoms. The summed E-state index contributed by atoms with van der Waals surface area (Å²) < 4.78 is 33.6. The average molecular weight is 450 g/mol. The highest BCUT2D eigenvalue weighted by molar-refractivity contribution is 7.89. The first-order chi connectivity index (χ1) is 14.9. The largest absolute Gasteiger partial charge is 0.376 e. The molecule has 0 spiro atoms.